The van der Waals surface area contributed by atoms with Crippen LogP contribution in [0.25, 0.3) is 0 Å². The van der Waals surface area contributed by atoms with Crippen molar-refractivity contribution in [3.8, 4) is 0 Å². The minimum absolute atomic E-state index is 0.150. The van der Waals surface area contributed by atoms with E-state index >= 15 is 0 Å². The highest BCUT2D eigenvalue weighted by Gasteiger charge is 2.51. The van der Waals surface area contributed by atoms with E-state index in [1.165, 1.54) is 13.0 Å². The molecule has 36 heavy (non-hydrogen) atoms. The summed E-state index contributed by atoms with van der Waals surface area (Å²) in [5.41, 5.74) is 0.661. The number of benzene rings is 2. The van der Waals surface area contributed by atoms with Crippen molar-refractivity contribution in [2.75, 3.05) is 15.5 Å². The summed E-state index contributed by atoms with van der Waals surface area (Å²) in [6.07, 6.45) is -1.04. The van der Waals surface area contributed by atoms with E-state index < -0.39 is 17.3 Å². The number of thiocarbonyl (C=S) groups is 1. The van der Waals surface area contributed by atoms with Crippen LogP contribution in [0.1, 0.15) is 58.9 Å². The molecule has 1 fully saturated rings. The van der Waals surface area contributed by atoms with Gasteiger partial charge in [-0.25, -0.2) is 4.99 Å². The van der Waals surface area contributed by atoms with Crippen LogP contribution in [-0.2, 0) is 11.0 Å². The molecule has 4 rings (SSSR count). The quantitative estimate of drug-likeness (QED) is 0.422. The van der Waals surface area contributed by atoms with Gasteiger partial charge in [-0.2, -0.15) is 13.2 Å². The summed E-state index contributed by atoms with van der Waals surface area (Å²) in [6, 6.07) is 12.6. The number of nitrogens with one attached hydrogen (secondary N) is 2. The van der Waals surface area contributed by atoms with E-state index in [2.05, 4.69) is 36.4 Å². The van der Waals surface area contributed by atoms with Gasteiger partial charge in [0.05, 0.1) is 5.56 Å². The molecule has 1 amide bonds. The van der Waals surface area contributed by atoms with E-state index in [-0.39, 0.29) is 11.3 Å². The van der Waals surface area contributed by atoms with Crippen LogP contribution < -0.4 is 15.5 Å². The standard InChI is InChI=1S/C27H31F3N4OS/c1-17(35)31-20-8-10-22(11-9-20)34-24(36)33-23(26(34)14-12-18(13-15-26)25(2,3)4)32-21-7-5-6-19(16-21)27(28,29)30/h5-11,16,18H,12-15H2,1-4H3,(H,31,35)(H,32,33,36). The molecule has 192 valence electrons. The fourth-order valence-electron chi connectivity index (χ4n) is 5.27. The van der Waals surface area contributed by atoms with Crippen molar-refractivity contribution < 1.29 is 18.0 Å². The van der Waals surface area contributed by atoms with Crippen molar-refractivity contribution in [2.45, 2.75) is 65.1 Å². The molecule has 2 aliphatic rings. The van der Waals surface area contributed by atoms with Crippen molar-refractivity contribution in [1.82, 2.24) is 0 Å². The summed E-state index contributed by atoms with van der Waals surface area (Å²) in [6.45, 7) is 8.17. The molecule has 1 spiro atoms. The van der Waals surface area contributed by atoms with Gasteiger partial charge < -0.3 is 15.5 Å². The van der Waals surface area contributed by atoms with Gasteiger partial charge in [0.15, 0.2) is 0 Å². The third-order valence-corrected chi connectivity index (χ3v) is 7.48. The predicted octanol–water partition coefficient (Wildman–Crippen LogP) is 7.25. The molecular weight excluding hydrogens is 485 g/mol. The van der Waals surface area contributed by atoms with Crippen LogP contribution in [0.5, 0.6) is 0 Å². The van der Waals surface area contributed by atoms with E-state index in [1.54, 1.807) is 6.07 Å². The highest BCUT2D eigenvalue weighted by molar-refractivity contribution is 7.80. The first-order chi connectivity index (χ1) is 16.8. The van der Waals surface area contributed by atoms with Crippen molar-refractivity contribution in [1.29, 1.82) is 0 Å². The number of carbonyl (C=O) groups excluding carboxylic acids is 1. The van der Waals surface area contributed by atoms with Gasteiger partial charge in [-0.1, -0.05) is 26.8 Å². The van der Waals surface area contributed by atoms with Gasteiger partial charge in [-0.05, 0) is 91.7 Å². The Bertz CT molecular complexity index is 1180. The normalized spacial score (nSPS) is 22.5. The zero-order valence-corrected chi connectivity index (χ0v) is 21.7. The average Bonchev–Trinajstić information content (AvgIpc) is 3.03. The van der Waals surface area contributed by atoms with Gasteiger partial charge in [0, 0.05) is 24.0 Å². The Morgan fingerprint density at radius 1 is 1.06 bits per heavy atom. The molecule has 0 saturated heterocycles. The Kier molecular flexibility index (Phi) is 6.90. The summed E-state index contributed by atoms with van der Waals surface area (Å²) >= 11 is 5.71. The zero-order chi connectivity index (χ0) is 26.3. The maximum atomic E-state index is 13.3. The minimum atomic E-state index is -4.44. The fraction of sp³-hybridized carbons (Fsp3) is 0.444. The van der Waals surface area contributed by atoms with Gasteiger partial charge in [-0.3, -0.25) is 4.79 Å². The van der Waals surface area contributed by atoms with Crippen molar-refractivity contribution in [3.63, 3.8) is 0 Å². The number of amides is 1. The average molecular weight is 517 g/mol. The van der Waals surface area contributed by atoms with Gasteiger partial charge in [0.2, 0.25) is 11.0 Å². The summed E-state index contributed by atoms with van der Waals surface area (Å²) in [7, 11) is 0. The van der Waals surface area contributed by atoms with E-state index in [4.69, 9.17) is 12.2 Å². The van der Waals surface area contributed by atoms with E-state index in [0.717, 1.165) is 43.5 Å². The van der Waals surface area contributed by atoms with Crippen LogP contribution in [0, 0.1) is 11.3 Å². The second-order valence-corrected chi connectivity index (χ2v) is 11.0. The number of aliphatic imine (C=N–C) groups is 1. The number of hydrogen-bond acceptors (Lipinski definition) is 3. The molecule has 1 aliphatic heterocycles. The minimum Gasteiger partial charge on any atom is -0.342 e. The van der Waals surface area contributed by atoms with Gasteiger partial charge >= 0.3 is 6.18 Å². The molecule has 0 atom stereocenters. The second kappa shape index (κ2) is 9.50. The molecular formula is C27H31F3N4OS. The number of carbonyl (C=O) groups is 1. The van der Waals surface area contributed by atoms with E-state index in [0.29, 0.717) is 28.2 Å². The fourth-order valence-corrected chi connectivity index (χ4v) is 5.64. The van der Waals surface area contributed by atoms with Crippen LogP contribution in [0.3, 0.4) is 0 Å². The number of alkyl halides is 3. The smallest absolute Gasteiger partial charge is 0.342 e. The molecule has 2 aromatic rings. The van der Waals surface area contributed by atoms with Crippen LogP contribution in [0.4, 0.5) is 30.2 Å². The Labute approximate surface area is 215 Å². The summed E-state index contributed by atoms with van der Waals surface area (Å²) in [5.74, 6) is 0.925. The number of amidine groups is 1. The largest absolute Gasteiger partial charge is 0.416 e. The zero-order valence-electron chi connectivity index (χ0n) is 20.9. The van der Waals surface area contributed by atoms with Gasteiger partial charge in [0.1, 0.15) is 11.4 Å². The second-order valence-electron chi connectivity index (χ2n) is 10.7. The van der Waals surface area contributed by atoms with E-state index in [9.17, 15) is 18.0 Å². The van der Waals surface area contributed by atoms with Crippen molar-refractivity contribution in [2.24, 2.45) is 16.3 Å². The maximum Gasteiger partial charge on any atom is 0.416 e. The monoisotopic (exact) mass is 516 g/mol. The van der Waals surface area contributed by atoms with Gasteiger partial charge in [-0.15, -0.1) is 0 Å². The topological polar surface area (TPSA) is 56.7 Å². The maximum absolute atomic E-state index is 13.3. The van der Waals surface area contributed by atoms with Crippen molar-refractivity contribution >= 4 is 46.1 Å². The Balaban J connectivity index is 1.69. The SMILES string of the molecule is CC(=O)Nc1ccc(N2C(=S)N=C(Nc3cccc(C(F)(F)F)c3)C23CCC(C(C)(C)C)CC3)cc1. The Morgan fingerprint density at radius 2 is 1.69 bits per heavy atom. The molecule has 1 heterocycles. The number of hydrogen-bond donors (Lipinski definition) is 2. The van der Waals surface area contributed by atoms with Crippen LogP contribution in [0.2, 0.25) is 0 Å². The Hall–Kier alpha value is -2.94. The number of halogens is 3. The lowest BCUT2D eigenvalue weighted by molar-refractivity contribution is -0.137. The molecule has 2 N–H and O–H groups in total. The van der Waals surface area contributed by atoms with Gasteiger partial charge in [0.25, 0.3) is 0 Å². The number of nitrogens with zero attached hydrogens (tertiary/aromatic N) is 2. The van der Waals surface area contributed by atoms with Crippen LogP contribution in [-0.4, -0.2) is 22.4 Å². The van der Waals surface area contributed by atoms with Crippen LogP contribution in [0.15, 0.2) is 53.5 Å². The van der Waals surface area contributed by atoms with Crippen molar-refractivity contribution in [3.05, 3.63) is 54.1 Å². The highest BCUT2D eigenvalue weighted by Crippen LogP contribution is 2.48. The first-order valence-electron chi connectivity index (χ1n) is 12.0. The molecule has 1 aliphatic carbocycles. The molecule has 0 unspecified atom stereocenters. The third kappa shape index (κ3) is 5.26. The third-order valence-electron chi connectivity index (χ3n) is 7.20. The summed E-state index contributed by atoms with van der Waals surface area (Å²) in [5, 5.41) is 6.33. The molecule has 2 aromatic carbocycles. The summed E-state index contributed by atoms with van der Waals surface area (Å²) < 4.78 is 40.0. The Morgan fingerprint density at radius 3 is 2.25 bits per heavy atom. The van der Waals surface area contributed by atoms with E-state index in [1.807, 2.05) is 29.2 Å². The number of anilines is 3. The molecule has 1 saturated carbocycles. The first kappa shape index (κ1) is 26.1. The molecule has 0 bridgehead atoms. The molecule has 0 radical (unpaired) electrons. The lowest BCUT2D eigenvalue weighted by Crippen LogP contribution is -2.56. The predicted molar refractivity (Wildman–Crippen MR) is 142 cm³/mol. The lowest BCUT2D eigenvalue weighted by Gasteiger charge is -2.47. The highest BCUT2D eigenvalue weighted by atomic mass is 32.1. The molecule has 5 nitrogen and oxygen atoms in total. The lowest BCUT2D eigenvalue weighted by atomic mass is 9.66. The molecule has 0 aromatic heterocycles. The first-order valence-corrected chi connectivity index (χ1v) is 12.5. The summed E-state index contributed by atoms with van der Waals surface area (Å²) in [4.78, 5) is 18.1. The molecule has 9 heteroatoms. The van der Waals surface area contributed by atoms with Crippen LogP contribution >= 0.6 is 12.2 Å². The number of rotatable bonds is 3.